The molecular formula is C25H22N2O5. The van der Waals surface area contributed by atoms with Gasteiger partial charge in [-0.25, -0.2) is 0 Å². The molecule has 0 aliphatic carbocycles. The number of nitrogens with zero attached hydrogens (tertiary/aromatic N) is 2. The third-order valence-corrected chi connectivity index (χ3v) is 5.74. The van der Waals surface area contributed by atoms with Crippen molar-refractivity contribution in [1.29, 1.82) is 0 Å². The van der Waals surface area contributed by atoms with Crippen LogP contribution in [0.25, 0.3) is 16.5 Å². The van der Waals surface area contributed by atoms with Crippen molar-refractivity contribution in [3.05, 3.63) is 93.5 Å². The minimum atomic E-state index is -0.789. The molecule has 7 heteroatoms. The number of amides is 1. The van der Waals surface area contributed by atoms with Gasteiger partial charge in [-0.3, -0.25) is 19.7 Å². The number of hydrogen-bond acceptors (Lipinski definition) is 5. The Morgan fingerprint density at radius 2 is 1.78 bits per heavy atom. The van der Waals surface area contributed by atoms with Crippen LogP contribution >= 0.6 is 0 Å². The van der Waals surface area contributed by atoms with Crippen LogP contribution in [0.1, 0.15) is 36.9 Å². The molecule has 4 rings (SSSR count). The average Bonchev–Trinajstić information content (AvgIpc) is 3.06. The highest BCUT2D eigenvalue weighted by molar-refractivity contribution is 6.46. The molecule has 0 bridgehead atoms. The largest absolute Gasteiger partial charge is 0.507 e. The van der Waals surface area contributed by atoms with Crippen molar-refractivity contribution in [2.24, 2.45) is 0 Å². The minimum absolute atomic E-state index is 0.0528. The van der Waals surface area contributed by atoms with Gasteiger partial charge in [0.05, 0.1) is 16.5 Å². The van der Waals surface area contributed by atoms with Crippen molar-refractivity contribution in [1.82, 2.24) is 4.90 Å². The molecule has 0 radical (unpaired) electrons. The van der Waals surface area contributed by atoms with E-state index >= 15 is 0 Å². The third kappa shape index (κ3) is 3.62. The van der Waals surface area contributed by atoms with Crippen molar-refractivity contribution in [2.75, 3.05) is 6.54 Å². The molecule has 3 aromatic carbocycles. The molecule has 1 fully saturated rings. The number of non-ortho nitro benzene ring substituents is 1. The summed E-state index contributed by atoms with van der Waals surface area (Å²) in [7, 11) is 0. The number of benzene rings is 3. The van der Waals surface area contributed by atoms with E-state index < -0.39 is 28.4 Å². The Labute approximate surface area is 184 Å². The van der Waals surface area contributed by atoms with Gasteiger partial charge in [0.15, 0.2) is 0 Å². The van der Waals surface area contributed by atoms with Crippen LogP contribution in [0.5, 0.6) is 0 Å². The summed E-state index contributed by atoms with van der Waals surface area (Å²) in [6, 6.07) is 17.9. The van der Waals surface area contributed by atoms with Crippen molar-refractivity contribution in [3.63, 3.8) is 0 Å². The molecule has 1 amide bonds. The number of likely N-dealkylation sites (tertiary alicyclic amines) is 1. The first-order valence-electron chi connectivity index (χ1n) is 10.4. The number of carbonyl (C=O) groups is 2. The zero-order chi connectivity index (χ0) is 22.8. The summed E-state index contributed by atoms with van der Waals surface area (Å²) in [5.41, 5.74) is 0.585. The number of Topliss-reactive ketones (excluding diaryl/α,β-unsaturated/α-hetero) is 1. The van der Waals surface area contributed by atoms with Gasteiger partial charge in [-0.2, -0.15) is 0 Å². The Morgan fingerprint density at radius 1 is 1.06 bits per heavy atom. The molecule has 1 aliphatic heterocycles. The molecular weight excluding hydrogens is 408 g/mol. The SMILES string of the molecule is CCCCN1C(=O)C(=O)/C(=C(\O)c2cccc([N+](=O)[O-])c2)C1c1cccc2ccccc12. The Bertz CT molecular complexity index is 1260. The molecule has 1 unspecified atom stereocenters. The Kier molecular flexibility index (Phi) is 5.73. The highest BCUT2D eigenvalue weighted by atomic mass is 16.6. The lowest BCUT2D eigenvalue weighted by atomic mass is 9.91. The lowest BCUT2D eigenvalue weighted by molar-refractivity contribution is -0.384. The minimum Gasteiger partial charge on any atom is -0.507 e. The van der Waals surface area contributed by atoms with E-state index in [1.165, 1.54) is 29.2 Å². The number of unbranched alkanes of at least 4 members (excludes halogenated alkanes) is 1. The molecule has 1 atom stereocenters. The van der Waals surface area contributed by atoms with Crippen LogP contribution in [-0.4, -0.2) is 33.2 Å². The number of hydrogen-bond donors (Lipinski definition) is 1. The molecule has 0 spiro atoms. The van der Waals surface area contributed by atoms with E-state index in [0.717, 1.165) is 22.8 Å². The van der Waals surface area contributed by atoms with Crippen LogP contribution in [-0.2, 0) is 9.59 Å². The highest BCUT2D eigenvalue weighted by Crippen LogP contribution is 2.42. The average molecular weight is 430 g/mol. The Hall–Kier alpha value is -4.00. The summed E-state index contributed by atoms with van der Waals surface area (Å²) in [4.78, 5) is 38.2. The number of aliphatic hydroxyl groups is 1. The molecule has 32 heavy (non-hydrogen) atoms. The summed E-state index contributed by atoms with van der Waals surface area (Å²) in [5, 5.41) is 24.1. The number of ketones is 1. The fourth-order valence-corrected chi connectivity index (χ4v) is 4.17. The van der Waals surface area contributed by atoms with Crippen molar-refractivity contribution >= 4 is 33.9 Å². The van der Waals surface area contributed by atoms with Crippen LogP contribution in [0.2, 0.25) is 0 Å². The zero-order valence-corrected chi connectivity index (χ0v) is 17.5. The number of nitro benzene ring substituents is 1. The molecule has 3 aromatic rings. The van der Waals surface area contributed by atoms with Crippen molar-refractivity contribution in [3.8, 4) is 0 Å². The van der Waals surface area contributed by atoms with Crippen molar-refractivity contribution in [2.45, 2.75) is 25.8 Å². The predicted octanol–water partition coefficient (Wildman–Crippen LogP) is 4.97. The quantitative estimate of drug-likeness (QED) is 0.196. The topological polar surface area (TPSA) is 101 Å². The van der Waals surface area contributed by atoms with Gasteiger partial charge >= 0.3 is 0 Å². The van der Waals surface area contributed by atoms with Gasteiger partial charge in [-0.05, 0) is 22.8 Å². The van der Waals surface area contributed by atoms with E-state index in [-0.39, 0.29) is 16.8 Å². The monoisotopic (exact) mass is 430 g/mol. The van der Waals surface area contributed by atoms with Crippen LogP contribution < -0.4 is 0 Å². The third-order valence-electron chi connectivity index (χ3n) is 5.74. The van der Waals surface area contributed by atoms with Gasteiger partial charge in [0.25, 0.3) is 17.4 Å². The Balaban J connectivity index is 1.96. The second-order valence-corrected chi connectivity index (χ2v) is 7.72. The smallest absolute Gasteiger partial charge is 0.295 e. The van der Waals surface area contributed by atoms with E-state index in [1.807, 2.05) is 49.4 Å². The number of rotatable bonds is 6. The molecule has 0 aromatic heterocycles. The second-order valence-electron chi connectivity index (χ2n) is 7.72. The normalized spacial score (nSPS) is 17.8. The molecule has 0 saturated carbocycles. The lowest BCUT2D eigenvalue weighted by Gasteiger charge is -2.26. The van der Waals surface area contributed by atoms with Crippen LogP contribution in [0.15, 0.2) is 72.3 Å². The number of aliphatic hydroxyl groups excluding tert-OH is 1. The molecule has 7 nitrogen and oxygen atoms in total. The lowest BCUT2D eigenvalue weighted by Crippen LogP contribution is -2.30. The van der Waals surface area contributed by atoms with Crippen molar-refractivity contribution < 1.29 is 19.6 Å². The summed E-state index contributed by atoms with van der Waals surface area (Å²) in [5.74, 6) is -1.88. The fraction of sp³-hybridized carbons (Fsp3) is 0.200. The van der Waals surface area contributed by atoms with Gasteiger partial charge in [0.2, 0.25) is 0 Å². The maximum absolute atomic E-state index is 13.1. The summed E-state index contributed by atoms with van der Waals surface area (Å²) >= 11 is 0. The van der Waals surface area contributed by atoms with E-state index in [2.05, 4.69) is 0 Å². The molecule has 1 N–H and O–H groups in total. The number of carbonyl (C=O) groups excluding carboxylic acids is 2. The number of fused-ring (bicyclic) bond motifs is 1. The van der Waals surface area contributed by atoms with Crippen LogP contribution in [0.4, 0.5) is 5.69 Å². The number of nitro groups is 1. The summed E-state index contributed by atoms with van der Waals surface area (Å²) in [6.07, 6.45) is 1.53. The fourth-order valence-electron chi connectivity index (χ4n) is 4.17. The Morgan fingerprint density at radius 3 is 2.53 bits per heavy atom. The maximum Gasteiger partial charge on any atom is 0.295 e. The molecule has 1 saturated heterocycles. The highest BCUT2D eigenvalue weighted by Gasteiger charge is 2.46. The summed E-state index contributed by atoms with van der Waals surface area (Å²) in [6.45, 7) is 2.35. The maximum atomic E-state index is 13.1. The first kappa shape index (κ1) is 21.2. The van der Waals surface area contributed by atoms with E-state index in [0.29, 0.717) is 13.0 Å². The van der Waals surface area contributed by atoms with E-state index in [9.17, 15) is 24.8 Å². The first-order chi connectivity index (χ1) is 15.4. The standard InChI is InChI=1S/C25H22N2O5/c1-2-3-14-26-22(20-13-7-9-16-8-4-5-12-19(16)20)21(24(29)25(26)30)23(28)17-10-6-11-18(15-17)27(31)32/h4-13,15,22,28H,2-3,14H2,1H3/b23-21-. The van der Waals surface area contributed by atoms with E-state index in [4.69, 9.17) is 0 Å². The van der Waals surface area contributed by atoms with Crippen LogP contribution in [0, 0.1) is 10.1 Å². The van der Waals surface area contributed by atoms with Crippen LogP contribution in [0.3, 0.4) is 0 Å². The molecule has 1 aliphatic rings. The molecule has 1 heterocycles. The van der Waals surface area contributed by atoms with Gasteiger partial charge in [0.1, 0.15) is 5.76 Å². The molecule has 162 valence electrons. The predicted molar refractivity (Wildman–Crippen MR) is 121 cm³/mol. The summed E-state index contributed by atoms with van der Waals surface area (Å²) < 4.78 is 0. The van der Waals surface area contributed by atoms with Gasteiger partial charge in [-0.15, -0.1) is 0 Å². The van der Waals surface area contributed by atoms with Gasteiger partial charge in [-0.1, -0.05) is 67.9 Å². The van der Waals surface area contributed by atoms with Gasteiger partial charge in [0, 0.05) is 24.2 Å². The first-order valence-corrected chi connectivity index (χ1v) is 10.4. The van der Waals surface area contributed by atoms with E-state index in [1.54, 1.807) is 0 Å². The zero-order valence-electron chi connectivity index (χ0n) is 17.5. The second kappa shape index (κ2) is 8.63. The van der Waals surface area contributed by atoms with Gasteiger partial charge < -0.3 is 10.0 Å².